The second kappa shape index (κ2) is 6.34. The highest BCUT2D eigenvalue weighted by Gasteiger charge is 2.06. The van der Waals surface area contributed by atoms with Crippen LogP contribution in [0.4, 0.5) is 4.39 Å². The standard InChI is InChI=1S/C16H18FNO/c1-3-16(18-2)12-4-8-14(9-5-12)19-15-10-6-13(17)7-11-15/h4-11,16,18H,3H2,1-2H3. The van der Waals surface area contributed by atoms with E-state index >= 15 is 0 Å². The molecule has 0 aliphatic carbocycles. The highest BCUT2D eigenvalue weighted by molar-refractivity contribution is 5.34. The van der Waals surface area contributed by atoms with E-state index in [2.05, 4.69) is 12.2 Å². The van der Waals surface area contributed by atoms with Crippen LogP contribution in [-0.2, 0) is 0 Å². The first-order chi connectivity index (χ1) is 9.22. The molecule has 2 rings (SSSR count). The topological polar surface area (TPSA) is 21.3 Å². The minimum absolute atomic E-state index is 0.262. The maximum Gasteiger partial charge on any atom is 0.127 e. The summed E-state index contributed by atoms with van der Waals surface area (Å²) in [7, 11) is 1.96. The Hall–Kier alpha value is -1.87. The van der Waals surface area contributed by atoms with Crippen LogP contribution in [0.5, 0.6) is 11.5 Å². The summed E-state index contributed by atoms with van der Waals surface area (Å²) in [6, 6.07) is 14.3. The number of halogens is 1. The number of benzene rings is 2. The second-order valence-electron chi connectivity index (χ2n) is 4.37. The van der Waals surface area contributed by atoms with E-state index in [1.165, 1.54) is 17.7 Å². The first-order valence-corrected chi connectivity index (χ1v) is 6.43. The Kier molecular flexibility index (Phi) is 4.53. The Morgan fingerprint density at radius 1 is 1.00 bits per heavy atom. The average molecular weight is 259 g/mol. The quantitative estimate of drug-likeness (QED) is 0.865. The van der Waals surface area contributed by atoms with E-state index in [0.29, 0.717) is 11.8 Å². The molecule has 2 aromatic rings. The van der Waals surface area contributed by atoms with Gasteiger partial charge in [0.2, 0.25) is 0 Å². The van der Waals surface area contributed by atoms with Crippen LogP contribution in [0, 0.1) is 5.82 Å². The van der Waals surface area contributed by atoms with Gasteiger partial charge in [0, 0.05) is 6.04 Å². The lowest BCUT2D eigenvalue weighted by Gasteiger charge is -2.14. The molecule has 0 saturated heterocycles. The van der Waals surface area contributed by atoms with E-state index in [0.717, 1.165) is 12.2 Å². The Morgan fingerprint density at radius 3 is 2.00 bits per heavy atom. The van der Waals surface area contributed by atoms with Gasteiger partial charge in [-0.05, 0) is 55.4 Å². The fraction of sp³-hybridized carbons (Fsp3) is 0.250. The highest BCUT2D eigenvalue weighted by Crippen LogP contribution is 2.24. The average Bonchev–Trinajstić information content (AvgIpc) is 2.44. The zero-order chi connectivity index (χ0) is 13.7. The predicted octanol–water partition coefficient (Wildman–Crippen LogP) is 4.29. The molecule has 1 N–H and O–H groups in total. The second-order valence-corrected chi connectivity index (χ2v) is 4.37. The smallest absolute Gasteiger partial charge is 0.127 e. The molecule has 3 heteroatoms. The largest absolute Gasteiger partial charge is 0.457 e. The van der Waals surface area contributed by atoms with Gasteiger partial charge in [0.05, 0.1) is 0 Å². The Balaban J connectivity index is 2.08. The molecule has 0 aliphatic heterocycles. The van der Waals surface area contributed by atoms with Crippen LogP contribution in [0.25, 0.3) is 0 Å². The summed E-state index contributed by atoms with van der Waals surface area (Å²) in [5, 5.41) is 3.26. The molecule has 0 saturated carbocycles. The summed E-state index contributed by atoms with van der Waals surface area (Å²) in [5.74, 6) is 1.12. The summed E-state index contributed by atoms with van der Waals surface area (Å²) < 4.78 is 18.4. The maximum absolute atomic E-state index is 12.8. The van der Waals surface area contributed by atoms with Gasteiger partial charge < -0.3 is 10.1 Å². The van der Waals surface area contributed by atoms with Crippen LogP contribution in [0.1, 0.15) is 24.9 Å². The molecule has 2 nitrogen and oxygen atoms in total. The molecule has 0 aromatic heterocycles. The molecule has 1 atom stereocenters. The molecule has 0 fully saturated rings. The molecule has 0 spiro atoms. The van der Waals surface area contributed by atoms with Gasteiger partial charge in [-0.1, -0.05) is 19.1 Å². The van der Waals surface area contributed by atoms with Crippen molar-refractivity contribution in [2.75, 3.05) is 7.05 Å². The summed E-state index contributed by atoms with van der Waals surface area (Å²) in [6.45, 7) is 2.14. The molecule has 1 unspecified atom stereocenters. The van der Waals surface area contributed by atoms with Crippen molar-refractivity contribution in [1.29, 1.82) is 0 Å². The van der Waals surface area contributed by atoms with E-state index in [9.17, 15) is 4.39 Å². The number of hydrogen-bond donors (Lipinski definition) is 1. The van der Waals surface area contributed by atoms with Crippen molar-refractivity contribution >= 4 is 0 Å². The lowest BCUT2D eigenvalue weighted by atomic mass is 10.0. The van der Waals surface area contributed by atoms with Crippen molar-refractivity contribution in [3.63, 3.8) is 0 Å². The fourth-order valence-corrected chi connectivity index (χ4v) is 2.01. The molecule has 0 amide bonds. The molecular formula is C16H18FNO. The molecular weight excluding hydrogens is 241 g/mol. The molecule has 0 bridgehead atoms. The zero-order valence-electron chi connectivity index (χ0n) is 11.2. The Labute approximate surface area is 113 Å². The third kappa shape index (κ3) is 3.55. The van der Waals surface area contributed by atoms with E-state index in [-0.39, 0.29) is 5.82 Å². The molecule has 2 aromatic carbocycles. The van der Waals surface area contributed by atoms with E-state index in [4.69, 9.17) is 4.74 Å². The van der Waals surface area contributed by atoms with Gasteiger partial charge in [0.15, 0.2) is 0 Å². The Bertz CT molecular complexity index is 503. The van der Waals surface area contributed by atoms with Crippen LogP contribution in [-0.4, -0.2) is 7.05 Å². The lowest BCUT2D eigenvalue weighted by Crippen LogP contribution is -2.14. The van der Waals surface area contributed by atoms with Gasteiger partial charge in [0.1, 0.15) is 17.3 Å². The minimum Gasteiger partial charge on any atom is -0.457 e. The number of hydrogen-bond acceptors (Lipinski definition) is 2. The summed E-state index contributed by atoms with van der Waals surface area (Å²) >= 11 is 0. The normalized spacial score (nSPS) is 12.2. The van der Waals surface area contributed by atoms with Gasteiger partial charge >= 0.3 is 0 Å². The number of nitrogens with one attached hydrogen (secondary N) is 1. The number of ether oxygens (including phenoxy) is 1. The van der Waals surface area contributed by atoms with Gasteiger partial charge in [0.25, 0.3) is 0 Å². The summed E-state index contributed by atoms with van der Waals surface area (Å²) in [5.41, 5.74) is 1.23. The van der Waals surface area contributed by atoms with Gasteiger partial charge in [-0.3, -0.25) is 0 Å². The minimum atomic E-state index is -0.262. The molecule has 0 aliphatic rings. The van der Waals surface area contributed by atoms with Crippen molar-refractivity contribution in [2.45, 2.75) is 19.4 Å². The van der Waals surface area contributed by atoms with Gasteiger partial charge in [-0.25, -0.2) is 4.39 Å². The molecule has 100 valence electrons. The highest BCUT2D eigenvalue weighted by atomic mass is 19.1. The van der Waals surface area contributed by atoms with Crippen LogP contribution < -0.4 is 10.1 Å². The molecule has 0 heterocycles. The van der Waals surface area contributed by atoms with Crippen molar-refractivity contribution in [2.24, 2.45) is 0 Å². The van der Waals surface area contributed by atoms with E-state index < -0.39 is 0 Å². The summed E-state index contributed by atoms with van der Waals surface area (Å²) in [6.07, 6.45) is 1.04. The SMILES string of the molecule is CCC(NC)c1ccc(Oc2ccc(F)cc2)cc1. The van der Waals surface area contributed by atoms with Crippen molar-refractivity contribution in [3.8, 4) is 11.5 Å². The predicted molar refractivity (Wildman–Crippen MR) is 75.0 cm³/mol. The third-order valence-corrected chi connectivity index (χ3v) is 3.09. The lowest BCUT2D eigenvalue weighted by molar-refractivity contribution is 0.479. The number of rotatable bonds is 5. The molecule has 19 heavy (non-hydrogen) atoms. The van der Waals surface area contributed by atoms with Crippen molar-refractivity contribution in [1.82, 2.24) is 5.32 Å². The third-order valence-electron chi connectivity index (χ3n) is 3.09. The van der Waals surface area contributed by atoms with Crippen LogP contribution in [0.3, 0.4) is 0 Å². The van der Waals surface area contributed by atoms with E-state index in [1.54, 1.807) is 12.1 Å². The monoisotopic (exact) mass is 259 g/mol. The summed E-state index contributed by atoms with van der Waals surface area (Å²) in [4.78, 5) is 0. The van der Waals surface area contributed by atoms with Crippen molar-refractivity contribution < 1.29 is 9.13 Å². The van der Waals surface area contributed by atoms with Gasteiger partial charge in [-0.2, -0.15) is 0 Å². The van der Waals surface area contributed by atoms with Gasteiger partial charge in [-0.15, -0.1) is 0 Å². The Morgan fingerprint density at radius 2 is 1.53 bits per heavy atom. The first-order valence-electron chi connectivity index (χ1n) is 6.43. The maximum atomic E-state index is 12.8. The zero-order valence-corrected chi connectivity index (χ0v) is 11.2. The van der Waals surface area contributed by atoms with Crippen LogP contribution >= 0.6 is 0 Å². The van der Waals surface area contributed by atoms with E-state index in [1.807, 2.05) is 31.3 Å². The van der Waals surface area contributed by atoms with Crippen molar-refractivity contribution in [3.05, 3.63) is 59.9 Å². The fourth-order valence-electron chi connectivity index (χ4n) is 2.01. The first kappa shape index (κ1) is 13.6. The van der Waals surface area contributed by atoms with Crippen LogP contribution in [0.15, 0.2) is 48.5 Å². The van der Waals surface area contributed by atoms with Crippen LogP contribution in [0.2, 0.25) is 0 Å². The molecule has 0 radical (unpaired) electrons.